The molecule has 0 radical (unpaired) electrons. The molecule has 6 nitrogen and oxygen atoms in total. The molecule has 0 aliphatic heterocycles. The van der Waals surface area contributed by atoms with E-state index in [-0.39, 0.29) is 29.9 Å². The Morgan fingerprint density at radius 1 is 1.25 bits per heavy atom. The molecule has 2 saturated carbocycles. The van der Waals surface area contributed by atoms with Gasteiger partial charge < -0.3 is 20.3 Å². The second-order valence-corrected chi connectivity index (χ2v) is 6.71. The van der Waals surface area contributed by atoms with Crippen LogP contribution in [0.25, 0.3) is 0 Å². The second-order valence-electron chi connectivity index (χ2n) is 6.71. The first kappa shape index (κ1) is 21.5. The molecule has 2 aliphatic carbocycles. The van der Waals surface area contributed by atoms with Gasteiger partial charge in [-0.3, -0.25) is 9.79 Å². The maximum Gasteiger partial charge on any atom is 0.221 e. The van der Waals surface area contributed by atoms with Crippen LogP contribution < -0.4 is 10.6 Å². The van der Waals surface area contributed by atoms with E-state index >= 15 is 0 Å². The molecule has 0 unspecified atom stereocenters. The predicted molar refractivity (Wildman–Crippen MR) is 108 cm³/mol. The summed E-state index contributed by atoms with van der Waals surface area (Å²) in [7, 11) is 3.76. The highest BCUT2D eigenvalue weighted by Gasteiger charge is 2.21. The summed E-state index contributed by atoms with van der Waals surface area (Å²) in [5.74, 6) is 1.75. The number of amides is 1. The molecule has 7 heteroatoms. The van der Waals surface area contributed by atoms with Crippen molar-refractivity contribution in [2.75, 3.05) is 40.4 Å². The first-order valence-corrected chi connectivity index (χ1v) is 8.98. The fraction of sp³-hybridized carbons (Fsp3) is 0.882. The zero-order valence-corrected chi connectivity index (χ0v) is 17.4. The van der Waals surface area contributed by atoms with Gasteiger partial charge in [0, 0.05) is 46.3 Å². The van der Waals surface area contributed by atoms with Crippen molar-refractivity contribution in [3.63, 3.8) is 0 Å². The van der Waals surface area contributed by atoms with E-state index in [1.165, 1.54) is 25.7 Å². The number of carbonyl (C=O) groups excluding carboxylic acids is 1. The number of hydrogen-bond acceptors (Lipinski definition) is 3. The lowest BCUT2D eigenvalue weighted by Crippen LogP contribution is -2.42. The van der Waals surface area contributed by atoms with E-state index < -0.39 is 0 Å². The molecular weight excluding hydrogens is 419 g/mol. The van der Waals surface area contributed by atoms with Crippen LogP contribution in [-0.2, 0) is 9.53 Å². The van der Waals surface area contributed by atoms with Crippen LogP contribution in [0.4, 0.5) is 0 Å². The second kappa shape index (κ2) is 11.9. The molecule has 0 aromatic carbocycles. The number of guanidine groups is 1. The Hall–Kier alpha value is -0.570. The number of likely N-dealkylation sites (N-methyl/N-ethyl adjacent to an activating group) is 1. The van der Waals surface area contributed by atoms with Gasteiger partial charge in [0.1, 0.15) is 0 Å². The maximum absolute atomic E-state index is 11.9. The van der Waals surface area contributed by atoms with Gasteiger partial charge >= 0.3 is 0 Å². The Balaban J connectivity index is 0.00000288. The van der Waals surface area contributed by atoms with Crippen molar-refractivity contribution in [1.82, 2.24) is 15.5 Å². The molecule has 24 heavy (non-hydrogen) atoms. The van der Waals surface area contributed by atoms with Crippen LogP contribution in [0.2, 0.25) is 0 Å². The number of halogens is 1. The summed E-state index contributed by atoms with van der Waals surface area (Å²) in [5, 5.41) is 6.35. The first-order chi connectivity index (χ1) is 11.2. The summed E-state index contributed by atoms with van der Waals surface area (Å²) in [6, 6.07) is 0.396. The van der Waals surface area contributed by atoms with E-state index in [9.17, 15) is 4.79 Å². The Bertz CT molecular complexity index is 396. The van der Waals surface area contributed by atoms with Gasteiger partial charge in [-0.2, -0.15) is 0 Å². The van der Waals surface area contributed by atoms with Crippen molar-refractivity contribution >= 4 is 35.8 Å². The smallest absolute Gasteiger partial charge is 0.221 e. The van der Waals surface area contributed by atoms with E-state index in [1.54, 1.807) is 7.05 Å². The van der Waals surface area contributed by atoms with Crippen molar-refractivity contribution in [3.05, 3.63) is 0 Å². The lowest BCUT2D eigenvalue weighted by molar-refractivity contribution is -0.121. The number of nitrogens with zero attached hydrogens (tertiary/aromatic N) is 2. The molecule has 0 aromatic heterocycles. The van der Waals surface area contributed by atoms with E-state index in [0.717, 1.165) is 44.5 Å². The highest BCUT2D eigenvalue weighted by molar-refractivity contribution is 14.0. The average molecular weight is 452 g/mol. The Morgan fingerprint density at radius 3 is 2.58 bits per heavy atom. The average Bonchev–Trinajstić information content (AvgIpc) is 3.23. The topological polar surface area (TPSA) is 66.0 Å². The van der Waals surface area contributed by atoms with Gasteiger partial charge in [-0.25, -0.2) is 0 Å². The molecule has 140 valence electrons. The lowest BCUT2D eigenvalue weighted by Gasteiger charge is -2.22. The number of ether oxygens (including phenoxy) is 1. The number of rotatable bonds is 9. The summed E-state index contributed by atoms with van der Waals surface area (Å²) in [6.07, 6.45) is 7.87. The van der Waals surface area contributed by atoms with Gasteiger partial charge in [0.15, 0.2) is 5.96 Å². The Labute approximate surface area is 163 Å². The van der Waals surface area contributed by atoms with Gasteiger partial charge in [0.2, 0.25) is 5.91 Å². The minimum absolute atomic E-state index is 0. The van der Waals surface area contributed by atoms with Gasteiger partial charge in [-0.05, 0) is 31.6 Å². The number of carbonyl (C=O) groups is 1. The van der Waals surface area contributed by atoms with Crippen molar-refractivity contribution in [2.24, 2.45) is 10.9 Å². The molecule has 0 heterocycles. The highest BCUT2D eigenvalue weighted by atomic mass is 127. The Kier molecular flexibility index (Phi) is 10.6. The molecule has 0 spiro atoms. The normalized spacial score (nSPS) is 18.2. The SMILES string of the molecule is CN=C(NCCC(=O)NC1CCCC1)N(C)CCOCC1CC1.I. The van der Waals surface area contributed by atoms with Crippen LogP contribution in [-0.4, -0.2) is 63.2 Å². The van der Waals surface area contributed by atoms with Crippen LogP contribution >= 0.6 is 24.0 Å². The molecule has 2 aliphatic rings. The quantitative estimate of drug-likeness (QED) is 0.243. The highest BCUT2D eigenvalue weighted by Crippen LogP contribution is 2.28. The van der Waals surface area contributed by atoms with E-state index in [2.05, 4.69) is 15.6 Å². The Morgan fingerprint density at radius 2 is 1.96 bits per heavy atom. The predicted octanol–water partition coefficient (Wildman–Crippen LogP) is 1.99. The van der Waals surface area contributed by atoms with Gasteiger partial charge in [0.05, 0.1) is 6.61 Å². The van der Waals surface area contributed by atoms with Crippen LogP contribution in [0.5, 0.6) is 0 Å². The fourth-order valence-electron chi connectivity index (χ4n) is 2.88. The zero-order valence-electron chi connectivity index (χ0n) is 15.1. The molecule has 2 fully saturated rings. The first-order valence-electron chi connectivity index (χ1n) is 8.98. The molecule has 0 aromatic rings. The number of aliphatic imine (C=N–C) groups is 1. The fourth-order valence-corrected chi connectivity index (χ4v) is 2.88. The molecule has 0 bridgehead atoms. The van der Waals surface area contributed by atoms with E-state index in [4.69, 9.17) is 4.74 Å². The minimum atomic E-state index is 0. The number of hydrogen-bond donors (Lipinski definition) is 2. The lowest BCUT2D eigenvalue weighted by atomic mass is 10.2. The molecule has 1 amide bonds. The van der Waals surface area contributed by atoms with Crippen LogP contribution in [0, 0.1) is 5.92 Å². The van der Waals surface area contributed by atoms with E-state index in [0.29, 0.717) is 19.0 Å². The maximum atomic E-state index is 11.9. The van der Waals surface area contributed by atoms with Crippen LogP contribution in [0.3, 0.4) is 0 Å². The number of nitrogens with one attached hydrogen (secondary N) is 2. The molecular formula is C17H33IN4O2. The summed E-state index contributed by atoms with van der Waals surface area (Å²) in [5.41, 5.74) is 0. The summed E-state index contributed by atoms with van der Waals surface area (Å²) in [6.45, 7) is 3.02. The largest absolute Gasteiger partial charge is 0.379 e. The molecule has 2 N–H and O–H groups in total. The molecule has 0 saturated heterocycles. The third kappa shape index (κ3) is 8.50. The third-order valence-corrected chi connectivity index (χ3v) is 4.55. The van der Waals surface area contributed by atoms with Crippen LogP contribution in [0.1, 0.15) is 44.9 Å². The monoisotopic (exact) mass is 452 g/mol. The van der Waals surface area contributed by atoms with Crippen molar-refractivity contribution in [2.45, 2.75) is 51.0 Å². The summed E-state index contributed by atoms with van der Waals surface area (Å²) >= 11 is 0. The van der Waals surface area contributed by atoms with Crippen molar-refractivity contribution in [3.8, 4) is 0 Å². The molecule has 0 atom stereocenters. The molecule has 2 rings (SSSR count). The third-order valence-electron chi connectivity index (χ3n) is 4.55. The minimum Gasteiger partial charge on any atom is -0.379 e. The zero-order chi connectivity index (χ0) is 16.5. The van der Waals surface area contributed by atoms with Gasteiger partial charge in [-0.1, -0.05) is 12.8 Å². The van der Waals surface area contributed by atoms with Gasteiger partial charge in [-0.15, -0.1) is 24.0 Å². The standard InChI is InChI=1S/C17H32N4O2.HI/c1-18-17(21(2)11-12-23-13-14-7-8-14)19-10-9-16(22)20-15-5-3-4-6-15;/h14-15H,3-13H2,1-2H3,(H,18,19)(H,20,22);1H. The van der Waals surface area contributed by atoms with Gasteiger partial charge in [0.25, 0.3) is 0 Å². The summed E-state index contributed by atoms with van der Waals surface area (Å²) < 4.78 is 5.65. The van der Waals surface area contributed by atoms with Crippen molar-refractivity contribution < 1.29 is 9.53 Å². The van der Waals surface area contributed by atoms with Crippen LogP contribution in [0.15, 0.2) is 4.99 Å². The van der Waals surface area contributed by atoms with E-state index in [1.807, 2.05) is 11.9 Å². The summed E-state index contributed by atoms with van der Waals surface area (Å²) in [4.78, 5) is 18.2. The van der Waals surface area contributed by atoms with Crippen molar-refractivity contribution in [1.29, 1.82) is 0 Å².